The van der Waals surface area contributed by atoms with Gasteiger partial charge in [-0.3, -0.25) is 0 Å². The van der Waals surface area contributed by atoms with E-state index in [0.29, 0.717) is 5.56 Å². The van der Waals surface area contributed by atoms with E-state index in [1.807, 2.05) is 0 Å². The van der Waals surface area contributed by atoms with Crippen molar-refractivity contribution < 1.29 is 13.9 Å². The van der Waals surface area contributed by atoms with E-state index >= 15 is 0 Å². The molecule has 0 saturated heterocycles. The summed E-state index contributed by atoms with van der Waals surface area (Å²) >= 11 is 0. The molecule has 1 atom stereocenters. The van der Waals surface area contributed by atoms with Crippen LogP contribution in [0.1, 0.15) is 11.5 Å². The third-order valence-electron chi connectivity index (χ3n) is 1.64. The van der Waals surface area contributed by atoms with Crippen LogP contribution in [0.2, 0.25) is 0 Å². The van der Waals surface area contributed by atoms with Crippen LogP contribution >= 0.6 is 0 Å². The minimum Gasteiger partial charge on any atom is -0.396 e. The fourth-order valence-electron chi connectivity index (χ4n) is 0.872. The summed E-state index contributed by atoms with van der Waals surface area (Å²) in [4.78, 5) is 0. The zero-order valence-corrected chi connectivity index (χ0v) is 6.43. The second-order valence-corrected chi connectivity index (χ2v) is 2.55. The highest BCUT2D eigenvalue weighted by molar-refractivity contribution is 5.22. The van der Waals surface area contributed by atoms with E-state index in [0.717, 1.165) is 12.1 Å². The maximum atomic E-state index is 12.6. The van der Waals surface area contributed by atoms with Crippen LogP contribution in [-0.2, 0) is 0 Å². The van der Waals surface area contributed by atoms with E-state index in [4.69, 9.17) is 5.11 Å². The molecule has 0 aliphatic carbocycles. The number of halogens is 2. The molecule has 0 spiro atoms. The van der Waals surface area contributed by atoms with Gasteiger partial charge in [-0.2, -0.15) is 0 Å². The lowest BCUT2D eigenvalue weighted by Crippen LogP contribution is -2.00. The molecule has 0 amide bonds. The van der Waals surface area contributed by atoms with Gasteiger partial charge in [0.2, 0.25) is 0 Å². The summed E-state index contributed by atoms with van der Waals surface area (Å²) < 4.78 is 25.0. The highest BCUT2D eigenvalue weighted by Crippen LogP contribution is 2.16. The summed E-state index contributed by atoms with van der Waals surface area (Å²) in [5.74, 6) is -2.20. The van der Waals surface area contributed by atoms with Crippen molar-refractivity contribution in [2.75, 3.05) is 6.61 Å². The molecule has 3 heteroatoms. The largest absolute Gasteiger partial charge is 0.396 e. The molecule has 1 nitrogen and oxygen atoms in total. The zero-order chi connectivity index (χ0) is 9.14. The van der Waals surface area contributed by atoms with Gasteiger partial charge in [-0.1, -0.05) is 6.07 Å². The maximum absolute atomic E-state index is 12.6. The van der Waals surface area contributed by atoms with E-state index in [1.165, 1.54) is 6.07 Å². The lowest BCUT2D eigenvalue weighted by atomic mass is 10.0. The molecule has 0 saturated carbocycles. The summed E-state index contributed by atoms with van der Waals surface area (Å²) in [6.07, 6.45) is 0. The van der Waals surface area contributed by atoms with Crippen LogP contribution in [0.4, 0.5) is 8.78 Å². The molecule has 0 aliphatic heterocycles. The highest BCUT2D eigenvalue weighted by atomic mass is 19.2. The van der Waals surface area contributed by atoms with Gasteiger partial charge in [0.05, 0.1) is 0 Å². The lowest BCUT2D eigenvalue weighted by Gasteiger charge is -2.07. The van der Waals surface area contributed by atoms with Crippen molar-refractivity contribution in [3.05, 3.63) is 42.3 Å². The SMILES string of the molecule is [CH2]C(CO)c1ccc(F)c(F)c1. The lowest BCUT2D eigenvalue weighted by molar-refractivity contribution is 0.282. The van der Waals surface area contributed by atoms with Gasteiger partial charge < -0.3 is 5.11 Å². The molecule has 0 fully saturated rings. The van der Waals surface area contributed by atoms with E-state index < -0.39 is 17.6 Å². The van der Waals surface area contributed by atoms with Gasteiger partial charge in [0.1, 0.15) is 0 Å². The highest BCUT2D eigenvalue weighted by Gasteiger charge is 2.07. The Hall–Kier alpha value is -0.960. The number of hydrogen-bond donors (Lipinski definition) is 1. The summed E-state index contributed by atoms with van der Waals surface area (Å²) in [7, 11) is 0. The van der Waals surface area contributed by atoms with E-state index in [-0.39, 0.29) is 6.61 Å². The fraction of sp³-hybridized carbons (Fsp3) is 0.222. The molecular formula is C9H9F2O. The second-order valence-electron chi connectivity index (χ2n) is 2.55. The Morgan fingerprint density at radius 3 is 2.50 bits per heavy atom. The third kappa shape index (κ3) is 1.80. The van der Waals surface area contributed by atoms with Crippen molar-refractivity contribution in [2.45, 2.75) is 5.92 Å². The molecule has 1 radical (unpaired) electrons. The van der Waals surface area contributed by atoms with Crippen molar-refractivity contribution in [2.24, 2.45) is 0 Å². The Labute approximate surface area is 69.7 Å². The quantitative estimate of drug-likeness (QED) is 0.720. The van der Waals surface area contributed by atoms with Crippen LogP contribution in [-0.4, -0.2) is 11.7 Å². The number of hydrogen-bond acceptors (Lipinski definition) is 1. The maximum Gasteiger partial charge on any atom is 0.159 e. The molecule has 0 aliphatic rings. The van der Waals surface area contributed by atoms with Crippen molar-refractivity contribution in [3.8, 4) is 0 Å². The van der Waals surface area contributed by atoms with Crippen molar-refractivity contribution in [1.29, 1.82) is 0 Å². The Bertz CT molecular complexity index is 273. The minimum absolute atomic E-state index is 0.176. The molecule has 0 heterocycles. The van der Waals surface area contributed by atoms with Crippen LogP contribution in [0.3, 0.4) is 0 Å². The average molecular weight is 171 g/mol. The van der Waals surface area contributed by atoms with Gasteiger partial charge in [0, 0.05) is 12.5 Å². The van der Waals surface area contributed by atoms with Gasteiger partial charge in [-0.25, -0.2) is 8.78 Å². The van der Waals surface area contributed by atoms with Crippen LogP contribution < -0.4 is 0 Å². The first-order valence-corrected chi connectivity index (χ1v) is 3.54. The number of aliphatic hydroxyl groups is 1. The summed E-state index contributed by atoms with van der Waals surface area (Å²) in [6, 6.07) is 3.48. The second kappa shape index (κ2) is 3.63. The Morgan fingerprint density at radius 1 is 1.33 bits per heavy atom. The Morgan fingerprint density at radius 2 is 2.00 bits per heavy atom. The molecule has 0 aromatic heterocycles. The van der Waals surface area contributed by atoms with Crippen molar-refractivity contribution in [1.82, 2.24) is 0 Å². The number of rotatable bonds is 2. The average Bonchev–Trinajstić information content (AvgIpc) is 2.08. The fourth-order valence-corrected chi connectivity index (χ4v) is 0.872. The standard InChI is InChI=1S/C9H9F2O/c1-6(5-12)7-2-3-8(10)9(11)4-7/h2-4,6,12H,1,5H2. The zero-order valence-electron chi connectivity index (χ0n) is 6.43. The molecule has 1 aromatic carbocycles. The van der Waals surface area contributed by atoms with Gasteiger partial charge in [-0.15, -0.1) is 0 Å². The van der Waals surface area contributed by atoms with Crippen LogP contribution in [0.15, 0.2) is 18.2 Å². The Balaban J connectivity index is 2.96. The van der Waals surface area contributed by atoms with Crippen LogP contribution in [0.5, 0.6) is 0 Å². The smallest absolute Gasteiger partial charge is 0.159 e. The van der Waals surface area contributed by atoms with Crippen molar-refractivity contribution in [3.63, 3.8) is 0 Å². The van der Waals surface area contributed by atoms with Gasteiger partial charge in [-0.05, 0) is 24.6 Å². The molecule has 65 valence electrons. The normalized spacial score (nSPS) is 13.0. The minimum atomic E-state index is -0.908. The summed E-state index contributed by atoms with van der Waals surface area (Å²) in [6.45, 7) is 3.38. The van der Waals surface area contributed by atoms with E-state index in [2.05, 4.69) is 6.92 Å². The molecule has 1 rings (SSSR count). The van der Waals surface area contributed by atoms with Crippen LogP contribution in [0, 0.1) is 18.6 Å². The first-order chi connectivity index (χ1) is 5.65. The Kier molecular flexibility index (Phi) is 2.76. The molecule has 0 bridgehead atoms. The third-order valence-corrected chi connectivity index (χ3v) is 1.64. The molecule has 1 aromatic rings. The first kappa shape index (κ1) is 9.13. The predicted molar refractivity (Wildman–Crippen MR) is 41.5 cm³/mol. The first-order valence-electron chi connectivity index (χ1n) is 3.54. The summed E-state index contributed by atoms with van der Waals surface area (Å²) in [5.41, 5.74) is 0.497. The van der Waals surface area contributed by atoms with Crippen molar-refractivity contribution >= 4 is 0 Å². The van der Waals surface area contributed by atoms with Crippen LogP contribution in [0.25, 0.3) is 0 Å². The molecular weight excluding hydrogens is 162 g/mol. The topological polar surface area (TPSA) is 20.2 Å². The molecule has 12 heavy (non-hydrogen) atoms. The molecule has 1 N–H and O–H groups in total. The molecule has 1 unspecified atom stereocenters. The monoisotopic (exact) mass is 171 g/mol. The van der Waals surface area contributed by atoms with Gasteiger partial charge >= 0.3 is 0 Å². The predicted octanol–water partition coefficient (Wildman–Crippen LogP) is 1.87. The van der Waals surface area contributed by atoms with E-state index in [9.17, 15) is 8.78 Å². The van der Waals surface area contributed by atoms with Gasteiger partial charge in [0.25, 0.3) is 0 Å². The number of aliphatic hydroxyl groups excluding tert-OH is 1. The van der Waals surface area contributed by atoms with Gasteiger partial charge in [0.15, 0.2) is 11.6 Å². The van der Waals surface area contributed by atoms with E-state index in [1.54, 1.807) is 0 Å². The number of benzene rings is 1. The summed E-state index contributed by atoms with van der Waals surface area (Å²) in [5, 5.41) is 8.67.